The highest BCUT2D eigenvalue weighted by atomic mass is 35.5. The highest BCUT2D eigenvalue weighted by molar-refractivity contribution is 7.92. The van der Waals surface area contributed by atoms with Gasteiger partial charge in [0.25, 0.3) is 0 Å². The van der Waals surface area contributed by atoms with Crippen molar-refractivity contribution >= 4 is 39.1 Å². The van der Waals surface area contributed by atoms with Crippen LogP contribution in [0.15, 0.2) is 42.5 Å². The maximum Gasteiger partial charge on any atom is 0.242 e. The minimum atomic E-state index is -3.54. The highest BCUT2D eigenvalue weighted by Crippen LogP contribution is 2.24. The van der Waals surface area contributed by atoms with Crippen molar-refractivity contribution in [1.82, 2.24) is 10.2 Å². The maximum absolute atomic E-state index is 13.5. The summed E-state index contributed by atoms with van der Waals surface area (Å²) in [4.78, 5) is 28.2. The maximum atomic E-state index is 13.5. The van der Waals surface area contributed by atoms with E-state index in [9.17, 15) is 18.0 Å². The number of benzene rings is 2. The first kappa shape index (κ1) is 30.0. The molecular weight excluding hydrogens is 522 g/mol. The van der Waals surface area contributed by atoms with E-state index in [0.717, 1.165) is 42.4 Å². The number of sulfonamides is 1. The Balaban J connectivity index is 1.74. The molecule has 2 amide bonds. The lowest BCUT2D eigenvalue weighted by Crippen LogP contribution is -2.50. The van der Waals surface area contributed by atoms with Crippen molar-refractivity contribution in [2.75, 3.05) is 17.1 Å². The van der Waals surface area contributed by atoms with Crippen LogP contribution in [0.5, 0.6) is 0 Å². The number of hydrogen-bond acceptors (Lipinski definition) is 4. The zero-order chi connectivity index (χ0) is 27.9. The topological polar surface area (TPSA) is 86.8 Å². The fourth-order valence-corrected chi connectivity index (χ4v) is 6.20. The highest BCUT2D eigenvalue weighted by Gasteiger charge is 2.29. The first-order valence-corrected chi connectivity index (χ1v) is 15.6. The summed E-state index contributed by atoms with van der Waals surface area (Å²) in [5.74, 6) is -0.393. The monoisotopic (exact) mass is 561 g/mol. The predicted molar refractivity (Wildman–Crippen MR) is 154 cm³/mol. The van der Waals surface area contributed by atoms with Crippen LogP contribution in [0, 0.1) is 13.8 Å². The number of aryl methyl sites for hydroxylation is 2. The number of halogens is 1. The van der Waals surface area contributed by atoms with Gasteiger partial charge in [0.2, 0.25) is 21.8 Å². The summed E-state index contributed by atoms with van der Waals surface area (Å²) in [6.45, 7) is 5.95. The lowest BCUT2D eigenvalue weighted by molar-refractivity contribution is -0.141. The van der Waals surface area contributed by atoms with Gasteiger partial charge in [0.1, 0.15) is 6.04 Å². The Kier molecular flexibility index (Phi) is 10.6. The van der Waals surface area contributed by atoms with E-state index < -0.39 is 16.1 Å². The molecule has 9 heteroatoms. The molecule has 1 N–H and O–H groups in total. The van der Waals surface area contributed by atoms with E-state index in [2.05, 4.69) is 5.32 Å². The van der Waals surface area contributed by atoms with Crippen LogP contribution in [-0.4, -0.2) is 50.0 Å². The van der Waals surface area contributed by atoms with Crippen molar-refractivity contribution in [3.63, 3.8) is 0 Å². The Morgan fingerprint density at radius 3 is 2.29 bits per heavy atom. The number of rotatable bonds is 11. The van der Waals surface area contributed by atoms with E-state index in [1.165, 1.54) is 17.0 Å². The second kappa shape index (κ2) is 13.5. The van der Waals surface area contributed by atoms with Gasteiger partial charge in [-0.3, -0.25) is 13.9 Å². The van der Waals surface area contributed by atoms with E-state index in [1.54, 1.807) is 17.9 Å². The van der Waals surface area contributed by atoms with Crippen LogP contribution < -0.4 is 9.62 Å². The third-order valence-corrected chi connectivity index (χ3v) is 8.63. The molecule has 7 nitrogen and oxygen atoms in total. The van der Waals surface area contributed by atoms with Crippen LogP contribution in [0.1, 0.15) is 68.6 Å². The molecular formula is C29H40ClN3O4S. The largest absolute Gasteiger partial charge is 0.352 e. The number of carbonyl (C=O) groups is 2. The molecule has 0 heterocycles. The Bertz CT molecular complexity index is 1210. The fraction of sp³-hybridized carbons (Fsp3) is 0.517. The molecule has 0 spiro atoms. The number of nitrogens with one attached hydrogen (secondary N) is 1. The zero-order valence-corrected chi connectivity index (χ0v) is 24.4. The summed E-state index contributed by atoms with van der Waals surface area (Å²) < 4.78 is 26.5. The molecule has 0 saturated heterocycles. The van der Waals surface area contributed by atoms with E-state index in [1.807, 2.05) is 50.2 Å². The molecule has 38 heavy (non-hydrogen) atoms. The zero-order valence-electron chi connectivity index (χ0n) is 22.9. The molecule has 0 aromatic heterocycles. The van der Waals surface area contributed by atoms with Gasteiger partial charge in [-0.1, -0.05) is 55.1 Å². The van der Waals surface area contributed by atoms with Crippen LogP contribution in [0.3, 0.4) is 0 Å². The Morgan fingerprint density at radius 2 is 1.68 bits per heavy atom. The Morgan fingerprint density at radius 1 is 1.05 bits per heavy atom. The van der Waals surface area contributed by atoms with Crippen LogP contribution >= 0.6 is 11.6 Å². The van der Waals surface area contributed by atoms with Gasteiger partial charge < -0.3 is 10.2 Å². The summed E-state index contributed by atoms with van der Waals surface area (Å²) >= 11 is 6.39. The Labute approximate surface area is 232 Å². The molecule has 3 rings (SSSR count). The van der Waals surface area contributed by atoms with Crippen molar-refractivity contribution in [2.45, 2.75) is 84.3 Å². The van der Waals surface area contributed by atoms with E-state index >= 15 is 0 Å². The van der Waals surface area contributed by atoms with Gasteiger partial charge in [0.15, 0.2) is 0 Å². The van der Waals surface area contributed by atoms with Gasteiger partial charge in [-0.2, -0.15) is 0 Å². The van der Waals surface area contributed by atoms with Gasteiger partial charge in [0, 0.05) is 30.6 Å². The van der Waals surface area contributed by atoms with Crippen molar-refractivity contribution in [3.05, 3.63) is 64.2 Å². The number of hydrogen-bond donors (Lipinski definition) is 1. The summed E-state index contributed by atoms with van der Waals surface area (Å²) in [5, 5.41) is 3.66. The van der Waals surface area contributed by atoms with Crippen LogP contribution in [0.2, 0.25) is 5.02 Å². The molecule has 1 atom stereocenters. The molecule has 0 radical (unpaired) electrons. The third-order valence-electron chi connectivity index (χ3n) is 7.06. The summed E-state index contributed by atoms with van der Waals surface area (Å²) in [7, 11) is -3.54. The van der Waals surface area contributed by atoms with E-state index in [4.69, 9.17) is 11.6 Å². The fourth-order valence-electron chi connectivity index (χ4n) is 5.06. The number of nitrogens with zero attached hydrogens (tertiary/aromatic N) is 2. The van der Waals surface area contributed by atoms with Crippen LogP contribution in [-0.2, 0) is 26.2 Å². The molecule has 0 unspecified atom stereocenters. The lowest BCUT2D eigenvalue weighted by Gasteiger charge is -2.32. The predicted octanol–water partition coefficient (Wildman–Crippen LogP) is 5.37. The number of amides is 2. The molecule has 1 saturated carbocycles. The Hall–Kier alpha value is -2.58. The second-order valence-corrected chi connectivity index (χ2v) is 12.7. The van der Waals surface area contributed by atoms with Crippen LogP contribution in [0.25, 0.3) is 0 Å². The molecule has 2 aromatic carbocycles. The third kappa shape index (κ3) is 8.46. The van der Waals surface area contributed by atoms with Gasteiger partial charge in [-0.15, -0.1) is 0 Å². The smallest absolute Gasteiger partial charge is 0.242 e. The molecule has 1 aliphatic carbocycles. The average Bonchev–Trinajstić information content (AvgIpc) is 2.84. The molecule has 2 aromatic rings. The molecule has 1 fully saturated rings. The SMILES string of the molecule is Cc1cc(C)cc(N(CCCC(=O)N(Cc2ccccc2Cl)[C@H](C)C(=O)NC2CCCCC2)S(C)(=O)=O)c1. The van der Waals surface area contributed by atoms with E-state index in [0.29, 0.717) is 17.1 Å². The van der Waals surface area contributed by atoms with Gasteiger partial charge >= 0.3 is 0 Å². The van der Waals surface area contributed by atoms with Crippen molar-refractivity contribution in [1.29, 1.82) is 0 Å². The van der Waals surface area contributed by atoms with Crippen molar-refractivity contribution in [3.8, 4) is 0 Å². The summed E-state index contributed by atoms with van der Waals surface area (Å²) in [5.41, 5.74) is 3.28. The molecule has 0 bridgehead atoms. The first-order valence-electron chi connectivity index (χ1n) is 13.3. The standard InChI is InChI=1S/C29H40ClN3O4S/c1-21-17-22(2)19-26(18-21)33(38(4,36)37)16-10-15-28(34)32(20-24-11-8-9-14-27(24)30)23(3)29(35)31-25-12-6-5-7-13-25/h8-9,11,14,17-19,23,25H,5-7,10,12-13,15-16,20H2,1-4H3,(H,31,35)/t23-/m1/s1. The second-order valence-electron chi connectivity index (χ2n) is 10.4. The molecule has 1 aliphatic rings. The van der Waals surface area contributed by atoms with Crippen LogP contribution in [0.4, 0.5) is 5.69 Å². The van der Waals surface area contributed by atoms with Crippen molar-refractivity contribution < 1.29 is 18.0 Å². The van der Waals surface area contributed by atoms with E-state index in [-0.39, 0.29) is 37.4 Å². The van der Waals surface area contributed by atoms with Gasteiger partial charge in [-0.05, 0) is 74.9 Å². The minimum absolute atomic E-state index is 0.0995. The quantitative estimate of drug-likeness (QED) is 0.399. The lowest BCUT2D eigenvalue weighted by atomic mass is 9.95. The molecule has 0 aliphatic heterocycles. The average molecular weight is 562 g/mol. The van der Waals surface area contributed by atoms with Gasteiger partial charge in [-0.25, -0.2) is 8.42 Å². The minimum Gasteiger partial charge on any atom is -0.352 e. The van der Waals surface area contributed by atoms with Gasteiger partial charge in [0.05, 0.1) is 11.9 Å². The number of carbonyl (C=O) groups excluding carboxylic acids is 2. The number of anilines is 1. The summed E-state index contributed by atoms with van der Waals surface area (Å²) in [6.07, 6.45) is 6.88. The summed E-state index contributed by atoms with van der Waals surface area (Å²) in [6, 6.07) is 12.4. The first-order chi connectivity index (χ1) is 18.0. The molecule has 208 valence electrons. The normalized spacial score (nSPS) is 15.1. The van der Waals surface area contributed by atoms with Crippen molar-refractivity contribution in [2.24, 2.45) is 0 Å².